The Bertz CT molecular complexity index is 262. The van der Waals surface area contributed by atoms with Gasteiger partial charge in [-0.1, -0.05) is 41.5 Å². The number of hydrogen-bond donors (Lipinski definition) is 1. The molecule has 0 radical (unpaired) electrons. The fourth-order valence-corrected chi connectivity index (χ4v) is 2.32. The van der Waals surface area contributed by atoms with E-state index in [9.17, 15) is 5.11 Å². The number of ether oxygens (including phenoxy) is 1. The number of aliphatic hydroxyl groups is 1. The minimum atomic E-state index is -0.418. The summed E-state index contributed by atoms with van der Waals surface area (Å²) in [6.45, 7) is 21.0. The number of aliphatic hydroxyl groups excluding tert-OH is 1. The molecule has 0 bridgehead atoms. The second-order valence-electron chi connectivity index (χ2n) is 7.78. The molecule has 0 aliphatic heterocycles. The molecule has 1 N–H and O–H groups in total. The molecule has 1 atom stereocenters. The molecule has 0 amide bonds. The van der Waals surface area contributed by atoms with E-state index in [2.05, 4.69) is 55.4 Å². The Morgan fingerprint density at radius 3 is 1.50 bits per heavy atom. The Balaban J connectivity index is 5.25. The Morgan fingerprint density at radius 1 is 0.833 bits per heavy atom. The first-order valence-corrected chi connectivity index (χ1v) is 7.12. The van der Waals surface area contributed by atoms with Crippen molar-refractivity contribution < 1.29 is 9.84 Å². The van der Waals surface area contributed by atoms with Crippen LogP contribution in [0, 0.1) is 16.7 Å². The molecule has 0 aromatic heterocycles. The maximum Gasteiger partial charge on any atom is 0.0705 e. The highest BCUT2D eigenvalue weighted by atomic mass is 16.5. The predicted octanol–water partition coefficient (Wildman–Crippen LogP) is 4.26. The van der Waals surface area contributed by atoms with Gasteiger partial charge in [0.1, 0.15) is 0 Å². The van der Waals surface area contributed by atoms with E-state index in [-0.39, 0.29) is 22.5 Å². The standard InChI is InChI=1S/C16H34O2/c1-11(2)14(5,6)13(17)15(7,8)16(9,10)18-12(3)4/h11-13,17H,1-10H3. The molecule has 0 heterocycles. The van der Waals surface area contributed by atoms with E-state index in [0.717, 1.165) is 0 Å². The molecule has 0 saturated carbocycles. The molecule has 0 spiro atoms. The van der Waals surface area contributed by atoms with Crippen LogP contribution in [-0.4, -0.2) is 22.9 Å². The summed E-state index contributed by atoms with van der Waals surface area (Å²) in [6, 6.07) is 0. The maximum absolute atomic E-state index is 10.8. The first-order valence-electron chi connectivity index (χ1n) is 7.12. The molecule has 0 fully saturated rings. The van der Waals surface area contributed by atoms with E-state index >= 15 is 0 Å². The van der Waals surface area contributed by atoms with Crippen LogP contribution < -0.4 is 0 Å². The molecule has 0 saturated heterocycles. The quantitative estimate of drug-likeness (QED) is 0.771. The summed E-state index contributed by atoms with van der Waals surface area (Å²) in [5.41, 5.74) is -0.821. The highest BCUT2D eigenvalue weighted by Gasteiger charge is 2.50. The summed E-state index contributed by atoms with van der Waals surface area (Å²) in [5.74, 6) is 0.418. The van der Waals surface area contributed by atoms with Crippen LogP contribution in [0.15, 0.2) is 0 Å². The Hall–Kier alpha value is -0.0800. The normalized spacial score (nSPS) is 16.5. The summed E-state index contributed by atoms with van der Waals surface area (Å²) in [5, 5.41) is 10.8. The molecular formula is C16H34O2. The van der Waals surface area contributed by atoms with Crippen molar-refractivity contribution in [1.82, 2.24) is 0 Å². The van der Waals surface area contributed by atoms with Crippen molar-refractivity contribution in [3.8, 4) is 0 Å². The van der Waals surface area contributed by atoms with Crippen LogP contribution in [0.1, 0.15) is 69.2 Å². The van der Waals surface area contributed by atoms with E-state index in [1.165, 1.54) is 0 Å². The van der Waals surface area contributed by atoms with Gasteiger partial charge in [0.2, 0.25) is 0 Å². The fraction of sp³-hybridized carbons (Fsp3) is 1.00. The van der Waals surface area contributed by atoms with Gasteiger partial charge in [-0.2, -0.15) is 0 Å². The SMILES string of the molecule is CC(C)OC(C)(C)C(C)(C)C(O)C(C)(C)C(C)C. The first-order chi connectivity index (χ1) is 7.76. The topological polar surface area (TPSA) is 29.5 Å². The third-order valence-corrected chi connectivity index (χ3v) is 4.96. The lowest BCUT2D eigenvalue weighted by Crippen LogP contribution is -2.56. The lowest BCUT2D eigenvalue weighted by Gasteiger charge is -2.51. The van der Waals surface area contributed by atoms with Crippen molar-refractivity contribution in [2.75, 3.05) is 0 Å². The number of hydrogen-bond acceptors (Lipinski definition) is 2. The molecule has 0 aromatic rings. The summed E-state index contributed by atoms with van der Waals surface area (Å²) in [4.78, 5) is 0. The average Bonchev–Trinajstić information content (AvgIpc) is 2.13. The molecule has 18 heavy (non-hydrogen) atoms. The summed E-state index contributed by atoms with van der Waals surface area (Å²) >= 11 is 0. The zero-order chi connectivity index (χ0) is 14.9. The zero-order valence-corrected chi connectivity index (χ0v) is 14.1. The van der Waals surface area contributed by atoms with Crippen molar-refractivity contribution in [2.24, 2.45) is 16.7 Å². The molecule has 0 aromatic carbocycles. The number of rotatable bonds is 6. The smallest absolute Gasteiger partial charge is 0.0705 e. The Kier molecular flexibility index (Phi) is 5.48. The highest BCUT2D eigenvalue weighted by Crippen LogP contribution is 2.46. The van der Waals surface area contributed by atoms with Crippen molar-refractivity contribution >= 4 is 0 Å². The largest absolute Gasteiger partial charge is 0.392 e. The van der Waals surface area contributed by atoms with Crippen LogP contribution in [0.5, 0.6) is 0 Å². The monoisotopic (exact) mass is 258 g/mol. The molecule has 0 aliphatic carbocycles. The van der Waals surface area contributed by atoms with Crippen molar-refractivity contribution in [1.29, 1.82) is 0 Å². The van der Waals surface area contributed by atoms with Gasteiger partial charge in [0.25, 0.3) is 0 Å². The van der Waals surface area contributed by atoms with Gasteiger partial charge in [-0.3, -0.25) is 0 Å². The average molecular weight is 258 g/mol. The van der Waals surface area contributed by atoms with E-state index in [1.807, 2.05) is 13.8 Å². The summed E-state index contributed by atoms with van der Waals surface area (Å²) < 4.78 is 6.04. The van der Waals surface area contributed by atoms with Crippen LogP contribution in [0.2, 0.25) is 0 Å². The van der Waals surface area contributed by atoms with Crippen LogP contribution in [0.25, 0.3) is 0 Å². The van der Waals surface area contributed by atoms with Crippen LogP contribution >= 0.6 is 0 Å². The molecule has 0 aliphatic rings. The fourth-order valence-electron chi connectivity index (χ4n) is 2.32. The summed E-state index contributed by atoms with van der Waals surface area (Å²) in [6.07, 6.45) is -0.257. The van der Waals surface area contributed by atoms with Gasteiger partial charge in [0.05, 0.1) is 17.8 Å². The van der Waals surface area contributed by atoms with E-state index < -0.39 is 6.10 Å². The minimum absolute atomic E-state index is 0.138. The van der Waals surface area contributed by atoms with Gasteiger partial charge in [-0.05, 0) is 39.0 Å². The second-order valence-corrected chi connectivity index (χ2v) is 7.78. The van der Waals surface area contributed by atoms with Gasteiger partial charge < -0.3 is 9.84 Å². The minimum Gasteiger partial charge on any atom is -0.392 e. The third kappa shape index (κ3) is 3.48. The van der Waals surface area contributed by atoms with Gasteiger partial charge in [-0.15, -0.1) is 0 Å². The maximum atomic E-state index is 10.8. The third-order valence-electron chi connectivity index (χ3n) is 4.96. The lowest BCUT2D eigenvalue weighted by molar-refractivity contribution is -0.190. The molecule has 2 heteroatoms. The lowest BCUT2D eigenvalue weighted by atomic mass is 9.61. The van der Waals surface area contributed by atoms with Crippen LogP contribution in [0.3, 0.4) is 0 Å². The molecule has 0 rings (SSSR count). The first kappa shape index (κ1) is 17.9. The van der Waals surface area contributed by atoms with Crippen molar-refractivity contribution in [3.05, 3.63) is 0 Å². The van der Waals surface area contributed by atoms with Crippen molar-refractivity contribution in [3.63, 3.8) is 0 Å². The van der Waals surface area contributed by atoms with Gasteiger partial charge in [0.15, 0.2) is 0 Å². The van der Waals surface area contributed by atoms with Gasteiger partial charge >= 0.3 is 0 Å². The highest BCUT2D eigenvalue weighted by molar-refractivity contribution is 4.99. The predicted molar refractivity (Wildman–Crippen MR) is 78.7 cm³/mol. The Labute approximate surface area is 114 Å². The zero-order valence-electron chi connectivity index (χ0n) is 14.1. The van der Waals surface area contributed by atoms with E-state index in [4.69, 9.17) is 4.74 Å². The van der Waals surface area contributed by atoms with Crippen molar-refractivity contribution in [2.45, 2.75) is 87.0 Å². The van der Waals surface area contributed by atoms with Gasteiger partial charge in [0, 0.05) is 5.41 Å². The van der Waals surface area contributed by atoms with E-state index in [1.54, 1.807) is 0 Å². The molecular weight excluding hydrogens is 224 g/mol. The molecule has 2 nitrogen and oxygen atoms in total. The Morgan fingerprint density at radius 2 is 1.22 bits per heavy atom. The molecule has 110 valence electrons. The second kappa shape index (κ2) is 5.50. The van der Waals surface area contributed by atoms with Crippen LogP contribution in [-0.2, 0) is 4.74 Å². The van der Waals surface area contributed by atoms with E-state index in [0.29, 0.717) is 5.92 Å². The summed E-state index contributed by atoms with van der Waals surface area (Å²) in [7, 11) is 0. The van der Waals surface area contributed by atoms with Crippen LogP contribution in [0.4, 0.5) is 0 Å². The van der Waals surface area contributed by atoms with Gasteiger partial charge in [-0.25, -0.2) is 0 Å². The molecule has 1 unspecified atom stereocenters.